The van der Waals surface area contributed by atoms with Gasteiger partial charge in [-0.3, -0.25) is 9.69 Å². The van der Waals surface area contributed by atoms with Crippen LogP contribution in [0.15, 0.2) is 0 Å². The first-order valence-electron chi connectivity index (χ1n) is 5.59. The second-order valence-electron chi connectivity index (χ2n) is 3.93. The van der Waals surface area contributed by atoms with E-state index in [1.165, 1.54) is 19.3 Å². The van der Waals surface area contributed by atoms with E-state index in [1.807, 2.05) is 20.9 Å². The summed E-state index contributed by atoms with van der Waals surface area (Å²) in [6, 6.07) is 0.560. The summed E-state index contributed by atoms with van der Waals surface area (Å²) in [7, 11) is 2.04. The molecule has 0 bridgehead atoms. The molecule has 0 heterocycles. The molecule has 0 aromatic rings. The molecule has 0 spiro atoms. The largest absolute Gasteiger partial charge is 0.465 e. The molecule has 1 rings (SSSR count). The minimum Gasteiger partial charge on any atom is -0.465 e. The van der Waals surface area contributed by atoms with Crippen LogP contribution in [0.4, 0.5) is 0 Å². The van der Waals surface area contributed by atoms with E-state index in [-0.39, 0.29) is 12.0 Å². The van der Waals surface area contributed by atoms with Gasteiger partial charge >= 0.3 is 5.97 Å². The molecular formula is C11H21NO2. The van der Waals surface area contributed by atoms with Gasteiger partial charge in [-0.15, -0.1) is 0 Å². The molecule has 1 fully saturated rings. The van der Waals surface area contributed by atoms with Crippen molar-refractivity contribution in [1.82, 2.24) is 4.90 Å². The molecule has 0 aromatic heterocycles. The van der Waals surface area contributed by atoms with Crippen LogP contribution in [0.25, 0.3) is 0 Å². The lowest BCUT2D eigenvalue weighted by atomic mass is 9.90. The van der Waals surface area contributed by atoms with E-state index in [0.29, 0.717) is 12.6 Å². The Balaban J connectivity index is 2.46. The summed E-state index contributed by atoms with van der Waals surface area (Å²) < 4.78 is 5.05. The van der Waals surface area contributed by atoms with Crippen molar-refractivity contribution in [3.05, 3.63) is 0 Å². The Bertz CT molecular complexity index is 190. The Morgan fingerprint density at radius 3 is 2.50 bits per heavy atom. The smallest absolute Gasteiger partial charge is 0.323 e. The number of ether oxygens (including phenoxy) is 1. The first kappa shape index (κ1) is 11.5. The van der Waals surface area contributed by atoms with Gasteiger partial charge in [-0.25, -0.2) is 0 Å². The summed E-state index contributed by atoms with van der Waals surface area (Å²) in [6.07, 6.45) is 4.60. The number of carbonyl (C=O) groups excluding carboxylic acids is 1. The summed E-state index contributed by atoms with van der Waals surface area (Å²) in [5.74, 6) is -0.0654. The van der Waals surface area contributed by atoms with Crippen molar-refractivity contribution < 1.29 is 9.53 Å². The van der Waals surface area contributed by atoms with E-state index in [2.05, 4.69) is 4.90 Å². The zero-order chi connectivity index (χ0) is 10.6. The number of carbonyl (C=O) groups is 1. The highest BCUT2D eigenvalue weighted by molar-refractivity contribution is 5.75. The van der Waals surface area contributed by atoms with Gasteiger partial charge in [0.1, 0.15) is 6.04 Å². The molecule has 82 valence electrons. The van der Waals surface area contributed by atoms with Gasteiger partial charge in [0.05, 0.1) is 6.61 Å². The fourth-order valence-electron chi connectivity index (χ4n) is 1.91. The van der Waals surface area contributed by atoms with E-state index in [0.717, 1.165) is 6.42 Å². The highest BCUT2D eigenvalue weighted by Gasteiger charge is 2.31. The SMILES string of the molecule is CCOC(=O)C(CC)N(C)C1CCC1. The zero-order valence-corrected chi connectivity index (χ0v) is 9.45. The van der Waals surface area contributed by atoms with Crippen LogP contribution in [0.5, 0.6) is 0 Å². The third-order valence-electron chi connectivity index (χ3n) is 3.09. The fraction of sp³-hybridized carbons (Fsp3) is 0.909. The summed E-state index contributed by atoms with van der Waals surface area (Å²) in [6.45, 7) is 4.37. The third-order valence-corrected chi connectivity index (χ3v) is 3.09. The molecule has 1 aliphatic rings. The summed E-state index contributed by atoms with van der Waals surface area (Å²) in [5, 5.41) is 0. The van der Waals surface area contributed by atoms with Crippen molar-refractivity contribution in [2.45, 2.75) is 51.6 Å². The average molecular weight is 199 g/mol. The Morgan fingerprint density at radius 2 is 2.14 bits per heavy atom. The molecule has 0 aromatic carbocycles. The van der Waals surface area contributed by atoms with Gasteiger partial charge in [0.15, 0.2) is 0 Å². The first-order valence-corrected chi connectivity index (χ1v) is 5.59. The Morgan fingerprint density at radius 1 is 1.50 bits per heavy atom. The summed E-state index contributed by atoms with van der Waals surface area (Å²) in [5.41, 5.74) is 0. The van der Waals surface area contributed by atoms with Gasteiger partial charge < -0.3 is 4.74 Å². The molecule has 3 nitrogen and oxygen atoms in total. The molecule has 0 amide bonds. The predicted octanol–water partition coefficient (Wildman–Crippen LogP) is 1.81. The maximum Gasteiger partial charge on any atom is 0.323 e. The number of esters is 1. The van der Waals surface area contributed by atoms with Crippen molar-refractivity contribution in [2.75, 3.05) is 13.7 Å². The Kier molecular flexibility index (Phi) is 4.39. The highest BCUT2D eigenvalue weighted by Crippen LogP contribution is 2.26. The molecule has 3 heteroatoms. The van der Waals surface area contributed by atoms with E-state index >= 15 is 0 Å². The van der Waals surface area contributed by atoms with Gasteiger partial charge in [-0.05, 0) is 33.2 Å². The van der Waals surface area contributed by atoms with Crippen LogP contribution in [0, 0.1) is 0 Å². The highest BCUT2D eigenvalue weighted by atomic mass is 16.5. The van der Waals surface area contributed by atoms with Gasteiger partial charge in [-0.1, -0.05) is 13.3 Å². The summed E-state index contributed by atoms with van der Waals surface area (Å²) in [4.78, 5) is 13.8. The van der Waals surface area contributed by atoms with E-state index < -0.39 is 0 Å². The topological polar surface area (TPSA) is 29.5 Å². The normalized spacial score (nSPS) is 19.1. The van der Waals surface area contributed by atoms with Crippen LogP contribution < -0.4 is 0 Å². The molecule has 1 unspecified atom stereocenters. The van der Waals surface area contributed by atoms with Gasteiger partial charge in [0.2, 0.25) is 0 Å². The number of hydrogen-bond acceptors (Lipinski definition) is 3. The molecule has 0 radical (unpaired) electrons. The minimum absolute atomic E-state index is 0.0414. The lowest BCUT2D eigenvalue weighted by molar-refractivity contribution is -0.150. The predicted molar refractivity (Wildman–Crippen MR) is 56.1 cm³/mol. The van der Waals surface area contributed by atoms with Crippen molar-refractivity contribution in [3.63, 3.8) is 0 Å². The van der Waals surface area contributed by atoms with Gasteiger partial charge in [0, 0.05) is 6.04 Å². The maximum atomic E-state index is 11.6. The number of hydrogen-bond donors (Lipinski definition) is 0. The van der Waals surface area contributed by atoms with Crippen LogP contribution in [0.2, 0.25) is 0 Å². The van der Waals surface area contributed by atoms with Gasteiger partial charge in [-0.2, -0.15) is 0 Å². The number of rotatable bonds is 5. The third kappa shape index (κ3) is 2.47. The van der Waals surface area contributed by atoms with Crippen LogP contribution >= 0.6 is 0 Å². The van der Waals surface area contributed by atoms with E-state index in [4.69, 9.17) is 4.74 Å². The second-order valence-corrected chi connectivity index (χ2v) is 3.93. The Hall–Kier alpha value is -0.570. The van der Waals surface area contributed by atoms with Crippen LogP contribution in [-0.4, -0.2) is 36.6 Å². The van der Waals surface area contributed by atoms with Crippen molar-refractivity contribution >= 4 is 5.97 Å². The zero-order valence-electron chi connectivity index (χ0n) is 9.45. The molecule has 14 heavy (non-hydrogen) atoms. The maximum absolute atomic E-state index is 11.6. The fourth-order valence-corrected chi connectivity index (χ4v) is 1.91. The van der Waals surface area contributed by atoms with E-state index in [9.17, 15) is 4.79 Å². The molecule has 0 aliphatic heterocycles. The average Bonchev–Trinajstić information content (AvgIpc) is 2.02. The molecule has 0 N–H and O–H groups in total. The van der Waals surface area contributed by atoms with Crippen molar-refractivity contribution in [3.8, 4) is 0 Å². The molecule has 1 saturated carbocycles. The van der Waals surface area contributed by atoms with Crippen molar-refractivity contribution in [1.29, 1.82) is 0 Å². The molecule has 1 aliphatic carbocycles. The number of nitrogens with zero attached hydrogens (tertiary/aromatic N) is 1. The minimum atomic E-state index is -0.0654. The monoisotopic (exact) mass is 199 g/mol. The molecular weight excluding hydrogens is 178 g/mol. The van der Waals surface area contributed by atoms with Crippen LogP contribution in [-0.2, 0) is 9.53 Å². The Labute approximate surface area is 86.4 Å². The quantitative estimate of drug-likeness (QED) is 0.632. The standard InChI is InChI=1S/C11H21NO2/c1-4-10(11(13)14-5-2)12(3)9-7-6-8-9/h9-10H,4-8H2,1-3H3. The van der Waals surface area contributed by atoms with Crippen LogP contribution in [0.3, 0.4) is 0 Å². The lowest BCUT2D eigenvalue weighted by Gasteiger charge is -2.38. The second kappa shape index (κ2) is 5.35. The molecule has 1 atom stereocenters. The van der Waals surface area contributed by atoms with Gasteiger partial charge in [0.25, 0.3) is 0 Å². The van der Waals surface area contributed by atoms with Crippen molar-refractivity contribution in [2.24, 2.45) is 0 Å². The summed E-state index contributed by atoms with van der Waals surface area (Å²) >= 11 is 0. The number of likely N-dealkylation sites (N-methyl/N-ethyl adjacent to an activating group) is 1. The lowest BCUT2D eigenvalue weighted by Crippen LogP contribution is -2.48. The van der Waals surface area contributed by atoms with Crippen LogP contribution in [0.1, 0.15) is 39.5 Å². The molecule has 0 saturated heterocycles. The first-order chi connectivity index (χ1) is 6.70. The van der Waals surface area contributed by atoms with E-state index in [1.54, 1.807) is 0 Å².